The zero-order chi connectivity index (χ0) is 24.6. The van der Waals surface area contributed by atoms with Crippen molar-refractivity contribution in [2.75, 3.05) is 18.5 Å². The SMILES string of the molecule is CC1C[C@@H]2SC13C(C(=O)NC1CCCCC1)N(CCCCO)C(=O)[C@@H]3[C@@H]2C(=O)Nc1ccccc1. The van der Waals surface area contributed by atoms with Gasteiger partial charge in [0.2, 0.25) is 17.7 Å². The molecule has 3 aliphatic heterocycles. The second-order valence-electron chi connectivity index (χ2n) is 10.7. The van der Waals surface area contributed by atoms with Crippen molar-refractivity contribution in [3.63, 3.8) is 0 Å². The number of amides is 3. The van der Waals surface area contributed by atoms with Gasteiger partial charge in [0.25, 0.3) is 0 Å². The third-order valence-electron chi connectivity index (χ3n) is 8.60. The Morgan fingerprint density at radius 2 is 1.86 bits per heavy atom. The molecule has 3 heterocycles. The molecule has 4 aliphatic rings. The number of nitrogens with zero attached hydrogens (tertiary/aromatic N) is 1. The van der Waals surface area contributed by atoms with Crippen molar-refractivity contribution < 1.29 is 19.5 Å². The van der Waals surface area contributed by atoms with Gasteiger partial charge in [-0.3, -0.25) is 14.4 Å². The number of nitrogens with one attached hydrogen (secondary N) is 2. The number of benzene rings is 1. The Balaban J connectivity index is 1.44. The number of anilines is 1. The highest BCUT2D eigenvalue weighted by Crippen LogP contribution is 2.68. The first-order chi connectivity index (χ1) is 17.0. The lowest BCUT2D eigenvalue weighted by Gasteiger charge is -2.39. The second kappa shape index (κ2) is 10.1. The van der Waals surface area contributed by atoms with Gasteiger partial charge in [0.1, 0.15) is 6.04 Å². The Labute approximate surface area is 211 Å². The van der Waals surface area contributed by atoms with E-state index in [1.165, 1.54) is 6.42 Å². The summed E-state index contributed by atoms with van der Waals surface area (Å²) in [5.74, 6) is -1.03. The van der Waals surface area contributed by atoms with E-state index in [0.29, 0.717) is 19.4 Å². The highest BCUT2D eigenvalue weighted by Gasteiger charge is 2.75. The molecule has 5 rings (SSSR count). The molecule has 7 nitrogen and oxygen atoms in total. The van der Waals surface area contributed by atoms with Crippen LogP contribution in [0.1, 0.15) is 58.3 Å². The van der Waals surface area contributed by atoms with Crippen LogP contribution in [0.2, 0.25) is 0 Å². The van der Waals surface area contributed by atoms with Crippen LogP contribution in [0.5, 0.6) is 0 Å². The number of hydrogen-bond acceptors (Lipinski definition) is 5. The van der Waals surface area contributed by atoms with E-state index in [1.807, 2.05) is 30.3 Å². The summed E-state index contributed by atoms with van der Waals surface area (Å²) < 4.78 is -0.585. The number of fused-ring (bicyclic) bond motifs is 1. The second-order valence-corrected chi connectivity index (χ2v) is 12.3. The quantitative estimate of drug-likeness (QED) is 0.477. The summed E-state index contributed by atoms with van der Waals surface area (Å²) in [7, 11) is 0. The fourth-order valence-electron chi connectivity index (χ4n) is 7.03. The fourth-order valence-corrected chi connectivity index (χ4v) is 9.45. The van der Waals surface area contributed by atoms with E-state index in [9.17, 15) is 19.5 Å². The summed E-state index contributed by atoms with van der Waals surface area (Å²) in [6.45, 7) is 2.65. The topological polar surface area (TPSA) is 98.7 Å². The first kappa shape index (κ1) is 24.6. The Bertz CT molecular complexity index is 953. The van der Waals surface area contributed by atoms with Crippen LogP contribution in [0.15, 0.2) is 30.3 Å². The molecule has 3 saturated heterocycles. The molecule has 3 N–H and O–H groups in total. The molecule has 6 atom stereocenters. The van der Waals surface area contributed by atoms with Gasteiger partial charge in [0.15, 0.2) is 0 Å². The minimum absolute atomic E-state index is 0.0345. The summed E-state index contributed by atoms with van der Waals surface area (Å²) >= 11 is 1.72. The maximum absolute atomic E-state index is 14.0. The smallest absolute Gasteiger partial charge is 0.244 e. The van der Waals surface area contributed by atoms with Crippen LogP contribution in [-0.2, 0) is 14.4 Å². The van der Waals surface area contributed by atoms with Gasteiger partial charge in [-0.1, -0.05) is 44.4 Å². The van der Waals surface area contributed by atoms with Crippen LogP contribution in [0, 0.1) is 17.8 Å². The van der Waals surface area contributed by atoms with Crippen LogP contribution in [-0.4, -0.2) is 63.0 Å². The van der Waals surface area contributed by atoms with Crippen molar-refractivity contribution in [2.45, 2.75) is 80.4 Å². The number of thioether (sulfide) groups is 1. The lowest BCUT2D eigenvalue weighted by molar-refractivity contribution is -0.139. The molecule has 1 aromatic rings. The summed E-state index contributed by atoms with van der Waals surface area (Å²) in [5.41, 5.74) is 0.726. The molecule has 1 aliphatic carbocycles. The van der Waals surface area contributed by atoms with E-state index < -0.39 is 22.6 Å². The molecule has 3 unspecified atom stereocenters. The number of hydrogen-bond donors (Lipinski definition) is 3. The van der Waals surface area contributed by atoms with Crippen LogP contribution in [0.4, 0.5) is 5.69 Å². The maximum Gasteiger partial charge on any atom is 0.244 e. The Kier molecular flexibility index (Phi) is 7.13. The number of aliphatic hydroxyl groups excluding tert-OH is 1. The van der Waals surface area contributed by atoms with Crippen molar-refractivity contribution in [1.29, 1.82) is 0 Å². The standard InChI is InChI=1S/C27H37N3O4S/c1-17-16-20-21(24(32)28-18-10-4-2-5-11-18)22-26(34)30(14-8-9-15-31)23(27(17,22)35-20)25(33)29-19-12-6-3-7-13-19/h2,4-5,10-11,17,19-23,31H,3,6-9,12-16H2,1H3,(H,28,32)(H,29,33)/t17?,20-,21+,22-,23?,27?/m0/s1. The van der Waals surface area contributed by atoms with Gasteiger partial charge in [-0.2, -0.15) is 0 Å². The molecule has 1 spiro atoms. The number of para-hydroxylation sites is 1. The van der Waals surface area contributed by atoms with Crippen molar-refractivity contribution in [1.82, 2.24) is 10.2 Å². The predicted octanol–water partition coefficient (Wildman–Crippen LogP) is 3.18. The Morgan fingerprint density at radius 3 is 2.57 bits per heavy atom. The van der Waals surface area contributed by atoms with Gasteiger partial charge in [-0.15, -0.1) is 11.8 Å². The minimum Gasteiger partial charge on any atom is -0.396 e. The van der Waals surface area contributed by atoms with E-state index in [-0.39, 0.29) is 41.5 Å². The van der Waals surface area contributed by atoms with Crippen LogP contribution >= 0.6 is 11.8 Å². The van der Waals surface area contributed by atoms with E-state index in [0.717, 1.165) is 37.8 Å². The summed E-state index contributed by atoms with van der Waals surface area (Å²) in [6.07, 6.45) is 7.49. The van der Waals surface area contributed by atoms with E-state index in [2.05, 4.69) is 17.6 Å². The van der Waals surface area contributed by atoms with Crippen LogP contribution in [0.25, 0.3) is 0 Å². The van der Waals surface area contributed by atoms with Crippen LogP contribution in [0.3, 0.4) is 0 Å². The van der Waals surface area contributed by atoms with Crippen molar-refractivity contribution >= 4 is 35.2 Å². The molecule has 190 valence electrons. The molecule has 1 saturated carbocycles. The summed E-state index contributed by atoms with van der Waals surface area (Å²) in [6, 6.07) is 8.97. The molecule has 35 heavy (non-hydrogen) atoms. The third-order valence-corrected chi connectivity index (χ3v) is 10.7. The monoisotopic (exact) mass is 499 g/mol. The number of unbranched alkanes of at least 4 members (excludes halogenated alkanes) is 1. The largest absolute Gasteiger partial charge is 0.396 e. The highest BCUT2D eigenvalue weighted by atomic mass is 32.2. The lowest BCUT2D eigenvalue weighted by atomic mass is 9.65. The molecule has 0 aromatic heterocycles. The van der Waals surface area contributed by atoms with Gasteiger partial charge < -0.3 is 20.6 Å². The molecular weight excluding hydrogens is 462 g/mol. The number of aliphatic hydroxyl groups is 1. The lowest BCUT2D eigenvalue weighted by Crippen LogP contribution is -2.57. The van der Waals surface area contributed by atoms with Crippen molar-refractivity contribution in [3.05, 3.63) is 30.3 Å². The number of likely N-dealkylation sites (tertiary alicyclic amines) is 1. The normalized spacial score (nSPS) is 34.2. The molecule has 1 aromatic carbocycles. The van der Waals surface area contributed by atoms with E-state index in [1.54, 1.807) is 16.7 Å². The fraction of sp³-hybridized carbons (Fsp3) is 0.667. The third kappa shape index (κ3) is 4.26. The van der Waals surface area contributed by atoms with Gasteiger partial charge >= 0.3 is 0 Å². The molecule has 3 amide bonds. The average molecular weight is 500 g/mol. The molecular formula is C27H37N3O4S. The Morgan fingerprint density at radius 1 is 1.11 bits per heavy atom. The first-order valence-electron chi connectivity index (χ1n) is 13.2. The molecule has 8 heteroatoms. The first-order valence-corrected chi connectivity index (χ1v) is 14.1. The summed E-state index contributed by atoms with van der Waals surface area (Å²) in [4.78, 5) is 43.1. The summed E-state index contributed by atoms with van der Waals surface area (Å²) in [5, 5.41) is 15.7. The highest BCUT2D eigenvalue weighted by molar-refractivity contribution is 8.02. The maximum atomic E-state index is 14.0. The van der Waals surface area contributed by atoms with Gasteiger partial charge in [0.05, 0.1) is 16.6 Å². The van der Waals surface area contributed by atoms with Crippen LogP contribution < -0.4 is 10.6 Å². The zero-order valence-electron chi connectivity index (χ0n) is 20.4. The van der Waals surface area contributed by atoms with E-state index in [4.69, 9.17) is 0 Å². The van der Waals surface area contributed by atoms with Crippen molar-refractivity contribution in [3.8, 4) is 0 Å². The molecule has 0 radical (unpaired) electrons. The average Bonchev–Trinajstić information content (AvgIpc) is 3.44. The van der Waals surface area contributed by atoms with E-state index >= 15 is 0 Å². The van der Waals surface area contributed by atoms with Gasteiger partial charge in [0, 0.05) is 30.1 Å². The van der Waals surface area contributed by atoms with Gasteiger partial charge in [-0.25, -0.2) is 0 Å². The molecule has 2 bridgehead atoms. The van der Waals surface area contributed by atoms with Gasteiger partial charge in [-0.05, 0) is 50.2 Å². The minimum atomic E-state index is -0.585. The number of rotatable bonds is 8. The Hall–Kier alpha value is -2.06. The predicted molar refractivity (Wildman–Crippen MR) is 137 cm³/mol. The number of carbonyl (C=O) groups is 3. The van der Waals surface area contributed by atoms with Crippen molar-refractivity contribution in [2.24, 2.45) is 17.8 Å². The molecule has 4 fully saturated rings. The zero-order valence-corrected chi connectivity index (χ0v) is 21.3. The number of carbonyl (C=O) groups excluding carboxylic acids is 3.